The third-order valence-corrected chi connectivity index (χ3v) is 4.45. The van der Waals surface area contributed by atoms with Crippen molar-refractivity contribution in [1.82, 2.24) is 24.3 Å². The van der Waals surface area contributed by atoms with E-state index < -0.39 is 0 Å². The van der Waals surface area contributed by atoms with E-state index in [9.17, 15) is 4.79 Å². The molecule has 0 aromatic carbocycles. The van der Waals surface area contributed by atoms with E-state index in [0.29, 0.717) is 5.65 Å². The minimum absolute atomic E-state index is 0.628. The fraction of sp³-hybridized carbons (Fsp3) is 0.375. The van der Waals surface area contributed by atoms with Gasteiger partial charge in [0.2, 0.25) is 6.41 Å². The molecule has 0 aliphatic heterocycles. The van der Waals surface area contributed by atoms with Crippen molar-refractivity contribution in [3.8, 4) is 11.3 Å². The Morgan fingerprint density at radius 3 is 2.95 bits per heavy atom. The molecule has 1 aliphatic rings. The highest BCUT2D eigenvalue weighted by atomic mass is 16.1. The molecular formula is C16H17N5O. The molecule has 112 valence electrons. The third-order valence-electron chi connectivity index (χ3n) is 4.45. The summed E-state index contributed by atoms with van der Waals surface area (Å²) in [6.07, 6.45) is 13.1. The number of carbonyl (C=O) groups excluding carboxylic acids is 1. The zero-order chi connectivity index (χ0) is 14.9. The summed E-state index contributed by atoms with van der Waals surface area (Å²) < 4.78 is 3.47. The molecule has 1 aliphatic carbocycles. The topological polar surface area (TPSA) is 65.6 Å². The van der Waals surface area contributed by atoms with Gasteiger partial charge in [-0.3, -0.25) is 14.0 Å². The minimum atomic E-state index is 0.628. The average molecular weight is 295 g/mol. The predicted molar refractivity (Wildman–Crippen MR) is 82.9 cm³/mol. The summed E-state index contributed by atoms with van der Waals surface area (Å²) >= 11 is 0. The molecule has 0 atom stereocenters. The third kappa shape index (κ3) is 2.20. The molecule has 4 rings (SSSR count). The Balaban J connectivity index is 1.68. The summed E-state index contributed by atoms with van der Waals surface area (Å²) in [7, 11) is 0. The van der Waals surface area contributed by atoms with Crippen LogP contribution in [0.2, 0.25) is 0 Å². The van der Waals surface area contributed by atoms with Crippen molar-refractivity contribution in [3.05, 3.63) is 31.0 Å². The normalized spacial score (nSPS) is 15.6. The summed E-state index contributed by atoms with van der Waals surface area (Å²) in [6, 6.07) is 1.87. The van der Waals surface area contributed by atoms with Crippen LogP contribution < -0.4 is 0 Å². The molecule has 0 unspecified atom stereocenters. The van der Waals surface area contributed by atoms with Crippen LogP contribution in [0.4, 0.5) is 0 Å². The van der Waals surface area contributed by atoms with Crippen LogP contribution in [0.15, 0.2) is 31.0 Å². The monoisotopic (exact) mass is 295 g/mol. The maximum absolute atomic E-state index is 11.0. The van der Waals surface area contributed by atoms with Gasteiger partial charge in [0.15, 0.2) is 0 Å². The molecule has 1 saturated carbocycles. The van der Waals surface area contributed by atoms with Gasteiger partial charge < -0.3 is 0 Å². The maximum Gasteiger partial charge on any atom is 0.219 e. The van der Waals surface area contributed by atoms with Crippen LogP contribution in [0.1, 0.15) is 25.7 Å². The van der Waals surface area contributed by atoms with E-state index >= 15 is 0 Å². The van der Waals surface area contributed by atoms with Gasteiger partial charge in [-0.05, 0) is 24.8 Å². The number of carbonyl (C=O) groups is 1. The van der Waals surface area contributed by atoms with Crippen LogP contribution in [0.5, 0.6) is 0 Å². The number of hydrogen-bond donors (Lipinski definition) is 0. The molecular weight excluding hydrogens is 278 g/mol. The van der Waals surface area contributed by atoms with Crippen molar-refractivity contribution in [2.24, 2.45) is 5.92 Å². The Bertz CT molecular complexity index is 813. The predicted octanol–water partition coefficient (Wildman–Crippen LogP) is 2.52. The van der Waals surface area contributed by atoms with E-state index in [-0.39, 0.29) is 0 Å². The van der Waals surface area contributed by atoms with Crippen LogP contribution in [0, 0.1) is 5.92 Å². The van der Waals surface area contributed by atoms with Crippen molar-refractivity contribution < 1.29 is 4.79 Å². The highest BCUT2D eigenvalue weighted by molar-refractivity contribution is 5.93. The van der Waals surface area contributed by atoms with Gasteiger partial charge >= 0.3 is 0 Å². The zero-order valence-electron chi connectivity index (χ0n) is 12.2. The SMILES string of the molecule is O=Cn1ccc2c(-c3cnn(CC4CCCC4)c3)ncnc21. The number of aromatic nitrogens is 5. The maximum atomic E-state index is 11.0. The first-order chi connectivity index (χ1) is 10.8. The minimum Gasteiger partial charge on any atom is -0.278 e. The van der Waals surface area contributed by atoms with E-state index in [1.165, 1.54) is 36.6 Å². The molecule has 3 aromatic heterocycles. The lowest BCUT2D eigenvalue weighted by Gasteiger charge is -2.08. The molecule has 0 bridgehead atoms. The lowest BCUT2D eigenvalue weighted by Crippen LogP contribution is -2.07. The smallest absolute Gasteiger partial charge is 0.219 e. The quantitative estimate of drug-likeness (QED) is 0.694. The van der Waals surface area contributed by atoms with Gasteiger partial charge in [0, 0.05) is 29.9 Å². The molecule has 0 spiro atoms. The van der Waals surface area contributed by atoms with Crippen LogP contribution in [0.3, 0.4) is 0 Å². The Kier molecular flexibility index (Phi) is 3.21. The Labute approximate surface area is 127 Å². The summed E-state index contributed by atoms with van der Waals surface area (Å²) in [5.41, 5.74) is 2.42. The van der Waals surface area contributed by atoms with Crippen molar-refractivity contribution in [3.63, 3.8) is 0 Å². The second-order valence-electron chi connectivity index (χ2n) is 5.89. The first kappa shape index (κ1) is 13.2. The zero-order valence-corrected chi connectivity index (χ0v) is 12.2. The first-order valence-electron chi connectivity index (χ1n) is 7.65. The van der Waals surface area contributed by atoms with Gasteiger partial charge in [-0.25, -0.2) is 9.97 Å². The Morgan fingerprint density at radius 2 is 2.14 bits per heavy atom. The van der Waals surface area contributed by atoms with Gasteiger partial charge in [0.25, 0.3) is 0 Å². The number of hydrogen-bond acceptors (Lipinski definition) is 4. The molecule has 3 heterocycles. The molecule has 0 N–H and O–H groups in total. The summed E-state index contributed by atoms with van der Waals surface area (Å²) in [5, 5.41) is 5.34. The molecule has 1 fully saturated rings. The summed E-state index contributed by atoms with van der Waals surface area (Å²) in [4.78, 5) is 19.6. The van der Waals surface area contributed by atoms with Gasteiger partial charge in [0.05, 0.1) is 11.9 Å². The van der Waals surface area contributed by atoms with Crippen molar-refractivity contribution in [2.75, 3.05) is 0 Å². The van der Waals surface area contributed by atoms with Gasteiger partial charge in [0.1, 0.15) is 12.0 Å². The summed E-state index contributed by atoms with van der Waals surface area (Å²) in [5.74, 6) is 0.745. The molecule has 22 heavy (non-hydrogen) atoms. The number of fused-ring (bicyclic) bond motifs is 1. The van der Waals surface area contributed by atoms with Crippen molar-refractivity contribution in [2.45, 2.75) is 32.2 Å². The highest BCUT2D eigenvalue weighted by Gasteiger charge is 2.17. The van der Waals surface area contributed by atoms with E-state index in [1.54, 1.807) is 6.20 Å². The van der Waals surface area contributed by atoms with Crippen molar-refractivity contribution >= 4 is 17.4 Å². The van der Waals surface area contributed by atoms with E-state index in [4.69, 9.17) is 0 Å². The van der Waals surface area contributed by atoms with E-state index in [2.05, 4.69) is 15.1 Å². The standard InChI is InChI=1S/C16H17N5O/c22-11-20-6-5-14-15(17-10-18-16(14)20)13-7-19-21(9-13)8-12-3-1-2-4-12/h5-7,9-12H,1-4,8H2. The highest BCUT2D eigenvalue weighted by Crippen LogP contribution is 2.28. The molecule has 0 saturated heterocycles. The first-order valence-corrected chi connectivity index (χ1v) is 7.65. The Hall–Kier alpha value is -2.50. The lowest BCUT2D eigenvalue weighted by atomic mass is 10.1. The van der Waals surface area contributed by atoms with E-state index in [1.807, 2.05) is 23.1 Å². The van der Waals surface area contributed by atoms with Gasteiger partial charge in [-0.15, -0.1) is 0 Å². The van der Waals surface area contributed by atoms with Crippen molar-refractivity contribution in [1.29, 1.82) is 0 Å². The summed E-state index contributed by atoms with van der Waals surface area (Å²) in [6.45, 7) is 0.976. The molecule has 0 radical (unpaired) electrons. The fourth-order valence-electron chi connectivity index (χ4n) is 3.33. The fourth-order valence-corrected chi connectivity index (χ4v) is 3.33. The second kappa shape index (κ2) is 5.36. The molecule has 6 nitrogen and oxygen atoms in total. The number of rotatable bonds is 4. The Morgan fingerprint density at radius 1 is 1.27 bits per heavy atom. The van der Waals surface area contributed by atoms with Crippen LogP contribution in [0.25, 0.3) is 22.3 Å². The van der Waals surface area contributed by atoms with Crippen LogP contribution in [-0.2, 0) is 11.3 Å². The van der Waals surface area contributed by atoms with Crippen LogP contribution >= 0.6 is 0 Å². The van der Waals surface area contributed by atoms with Gasteiger partial charge in [-0.2, -0.15) is 5.10 Å². The van der Waals surface area contributed by atoms with Gasteiger partial charge in [-0.1, -0.05) is 12.8 Å². The van der Waals surface area contributed by atoms with Crippen LogP contribution in [-0.4, -0.2) is 30.7 Å². The molecule has 3 aromatic rings. The second-order valence-corrected chi connectivity index (χ2v) is 5.89. The average Bonchev–Trinajstić information content (AvgIpc) is 3.27. The van der Waals surface area contributed by atoms with E-state index in [0.717, 1.165) is 35.5 Å². The lowest BCUT2D eigenvalue weighted by molar-refractivity contribution is 0.429. The molecule has 6 heteroatoms. The largest absolute Gasteiger partial charge is 0.278 e. The number of nitrogens with zero attached hydrogens (tertiary/aromatic N) is 5. The molecule has 0 amide bonds.